The molecule has 2 aliphatic heterocycles. The summed E-state index contributed by atoms with van der Waals surface area (Å²) in [6.07, 6.45) is 5.21. The van der Waals surface area contributed by atoms with Gasteiger partial charge in [-0.05, 0) is 39.5 Å². The van der Waals surface area contributed by atoms with Gasteiger partial charge in [0.15, 0.2) is 0 Å². The predicted octanol–water partition coefficient (Wildman–Crippen LogP) is 1.54. The maximum Gasteiger partial charge on any atom is 0.225 e. The fraction of sp³-hybridized carbons (Fsp3) is 0.929. The predicted molar refractivity (Wildman–Crippen MR) is 71.4 cm³/mol. The van der Waals surface area contributed by atoms with Crippen LogP contribution in [0.3, 0.4) is 0 Å². The molecule has 2 heterocycles. The van der Waals surface area contributed by atoms with Crippen molar-refractivity contribution in [2.24, 2.45) is 0 Å². The lowest BCUT2D eigenvalue weighted by Crippen LogP contribution is -2.49. The zero-order valence-electron chi connectivity index (χ0n) is 12.0. The molecule has 2 unspecified atom stereocenters. The number of fused-ring (bicyclic) bond motifs is 2. The fourth-order valence-electron chi connectivity index (χ4n) is 3.11. The fourth-order valence-corrected chi connectivity index (χ4v) is 3.11. The van der Waals surface area contributed by atoms with E-state index in [1.807, 2.05) is 25.8 Å². The molecular weight excluding hydrogens is 228 g/mol. The second-order valence-corrected chi connectivity index (χ2v) is 6.41. The van der Waals surface area contributed by atoms with Crippen LogP contribution in [0.1, 0.15) is 46.0 Å². The molecule has 2 saturated heterocycles. The highest BCUT2D eigenvalue weighted by Crippen LogP contribution is 2.30. The molecule has 0 aromatic heterocycles. The molecule has 2 aliphatic rings. The van der Waals surface area contributed by atoms with Gasteiger partial charge in [0, 0.05) is 32.3 Å². The first-order chi connectivity index (χ1) is 8.41. The Morgan fingerprint density at radius 1 is 1.33 bits per heavy atom. The van der Waals surface area contributed by atoms with Gasteiger partial charge in [-0.15, -0.1) is 0 Å². The van der Waals surface area contributed by atoms with Crippen LogP contribution >= 0.6 is 0 Å². The average Bonchev–Trinajstić information content (AvgIpc) is 2.66. The van der Waals surface area contributed by atoms with Crippen molar-refractivity contribution in [3.63, 3.8) is 0 Å². The molecule has 0 aliphatic carbocycles. The van der Waals surface area contributed by atoms with Gasteiger partial charge in [0.25, 0.3) is 0 Å². The normalized spacial score (nSPS) is 31.4. The van der Waals surface area contributed by atoms with E-state index in [-0.39, 0.29) is 11.5 Å². The molecule has 2 fully saturated rings. The smallest absolute Gasteiger partial charge is 0.225 e. The number of carbonyl (C=O) groups excluding carboxylic acids is 1. The van der Waals surface area contributed by atoms with Gasteiger partial charge in [0.1, 0.15) is 0 Å². The van der Waals surface area contributed by atoms with Crippen molar-refractivity contribution in [3.8, 4) is 0 Å². The number of hydrogen-bond acceptors (Lipinski definition) is 3. The number of nitrogens with zero attached hydrogens (tertiary/aromatic N) is 1. The van der Waals surface area contributed by atoms with Gasteiger partial charge in [-0.1, -0.05) is 0 Å². The van der Waals surface area contributed by atoms with E-state index in [1.165, 1.54) is 12.8 Å². The van der Waals surface area contributed by atoms with Crippen molar-refractivity contribution in [1.82, 2.24) is 10.2 Å². The van der Waals surface area contributed by atoms with Crippen LogP contribution < -0.4 is 5.32 Å². The zero-order chi connectivity index (χ0) is 13.3. The van der Waals surface area contributed by atoms with E-state index in [1.54, 1.807) is 7.11 Å². The quantitative estimate of drug-likeness (QED) is 0.827. The number of methoxy groups -OCH3 is 1. The topological polar surface area (TPSA) is 41.6 Å². The highest BCUT2D eigenvalue weighted by atomic mass is 16.5. The largest absolute Gasteiger partial charge is 0.378 e. The third-order valence-corrected chi connectivity index (χ3v) is 4.52. The minimum absolute atomic E-state index is 0.202. The van der Waals surface area contributed by atoms with Crippen molar-refractivity contribution in [1.29, 1.82) is 0 Å². The van der Waals surface area contributed by atoms with E-state index in [4.69, 9.17) is 4.74 Å². The molecule has 2 rings (SSSR count). The highest BCUT2D eigenvalue weighted by Gasteiger charge is 2.37. The van der Waals surface area contributed by atoms with Crippen LogP contribution in [0.2, 0.25) is 0 Å². The second-order valence-electron chi connectivity index (χ2n) is 6.41. The summed E-state index contributed by atoms with van der Waals surface area (Å²) >= 11 is 0. The number of amides is 1. The minimum atomic E-state index is -0.364. The average molecular weight is 254 g/mol. The molecule has 0 saturated carbocycles. The number of carbonyl (C=O) groups is 1. The van der Waals surface area contributed by atoms with Gasteiger partial charge in [-0.25, -0.2) is 0 Å². The Hall–Kier alpha value is -0.610. The summed E-state index contributed by atoms with van der Waals surface area (Å²) < 4.78 is 5.34. The number of ether oxygens (including phenoxy) is 1. The van der Waals surface area contributed by atoms with Crippen molar-refractivity contribution in [2.75, 3.05) is 14.2 Å². The van der Waals surface area contributed by atoms with E-state index in [9.17, 15) is 4.79 Å². The van der Waals surface area contributed by atoms with Crippen LogP contribution in [0.5, 0.6) is 0 Å². The molecule has 0 spiro atoms. The lowest BCUT2D eigenvalue weighted by molar-refractivity contribution is -0.138. The van der Waals surface area contributed by atoms with Gasteiger partial charge in [-0.2, -0.15) is 0 Å². The number of nitrogens with one attached hydrogen (secondary N) is 1. The van der Waals surface area contributed by atoms with Crippen LogP contribution in [0, 0.1) is 0 Å². The number of rotatable bonds is 4. The van der Waals surface area contributed by atoms with E-state index < -0.39 is 0 Å². The molecule has 0 aromatic carbocycles. The maximum atomic E-state index is 12.3. The van der Waals surface area contributed by atoms with Crippen molar-refractivity contribution < 1.29 is 9.53 Å². The van der Waals surface area contributed by atoms with Gasteiger partial charge < -0.3 is 15.0 Å². The van der Waals surface area contributed by atoms with Gasteiger partial charge in [0.2, 0.25) is 5.91 Å². The third-order valence-electron chi connectivity index (χ3n) is 4.52. The summed E-state index contributed by atoms with van der Waals surface area (Å²) in [6.45, 7) is 3.93. The minimum Gasteiger partial charge on any atom is -0.378 e. The van der Waals surface area contributed by atoms with E-state index >= 15 is 0 Å². The second kappa shape index (κ2) is 5.17. The lowest BCUT2D eigenvalue weighted by Gasteiger charge is -2.37. The molecule has 1 N–H and O–H groups in total. The number of hydrogen-bond donors (Lipinski definition) is 1. The first-order valence-electron chi connectivity index (χ1n) is 6.98. The zero-order valence-corrected chi connectivity index (χ0v) is 12.0. The van der Waals surface area contributed by atoms with Crippen molar-refractivity contribution in [2.45, 2.75) is 69.7 Å². The standard InChI is InChI=1S/C14H26N2O2/c1-14(2,18-4)9-13(17)16(3)12-7-10-5-6-11(8-12)15-10/h10-12,15H,5-9H2,1-4H3. The molecule has 4 nitrogen and oxygen atoms in total. The Balaban J connectivity index is 1.91. The Bertz CT molecular complexity index is 305. The molecule has 2 atom stereocenters. The summed E-state index contributed by atoms with van der Waals surface area (Å²) in [4.78, 5) is 14.2. The Morgan fingerprint density at radius 3 is 2.39 bits per heavy atom. The van der Waals surface area contributed by atoms with Crippen molar-refractivity contribution >= 4 is 5.91 Å². The van der Waals surface area contributed by atoms with Crippen LogP contribution in [-0.2, 0) is 9.53 Å². The Labute approximate surface area is 110 Å². The monoisotopic (exact) mass is 254 g/mol. The Morgan fingerprint density at radius 2 is 1.89 bits per heavy atom. The lowest BCUT2D eigenvalue weighted by atomic mass is 9.97. The molecule has 2 bridgehead atoms. The summed E-state index contributed by atoms with van der Waals surface area (Å²) in [5.74, 6) is 0.202. The molecule has 0 radical (unpaired) electrons. The SMILES string of the molecule is COC(C)(C)CC(=O)N(C)C1CC2CCC(C1)N2. The molecule has 104 valence electrons. The molecule has 1 amide bonds. The third kappa shape index (κ3) is 3.04. The summed E-state index contributed by atoms with van der Waals surface area (Å²) in [5, 5.41) is 3.61. The first kappa shape index (κ1) is 13.8. The number of piperidine rings is 1. The molecule has 0 aromatic rings. The van der Waals surface area contributed by atoms with Gasteiger partial charge in [0.05, 0.1) is 12.0 Å². The van der Waals surface area contributed by atoms with Crippen LogP contribution in [0.15, 0.2) is 0 Å². The summed E-state index contributed by atoms with van der Waals surface area (Å²) in [7, 11) is 3.61. The molecular formula is C14H26N2O2. The van der Waals surface area contributed by atoms with E-state index in [0.717, 1.165) is 12.8 Å². The van der Waals surface area contributed by atoms with Gasteiger partial charge in [-0.3, -0.25) is 4.79 Å². The Kier molecular flexibility index (Phi) is 3.97. The van der Waals surface area contributed by atoms with Crippen LogP contribution in [-0.4, -0.2) is 48.7 Å². The van der Waals surface area contributed by atoms with Gasteiger partial charge >= 0.3 is 0 Å². The summed E-state index contributed by atoms with van der Waals surface area (Å²) in [5.41, 5.74) is -0.364. The van der Waals surface area contributed by atoms with E-state index in [0.29, 0.717) is 24.5 Å². The van der Waals surface area contributed by atoms with Crippen molar-refractivity contribution in [3.05, 3.63) is 0 Å². The highest BCUT2D eigenvalue weighted by molar-refractivity contribution is 5.77. The van der Waals surface area contributed by atoms with Crippen LogP contribution in [0.4, 0.5) is 0 Å². The summed E-state index contributed by atoms with van der Waals surface area (Å²) in [6, 6.07) is 1.66. The van der Waals surface area contributed by atoms with Crippen LogP contribution in [0.25, 0.3) is 0 Å². The van der Waals surface area contributed by atoms with E-state index in [2.05, 4.69) is 5.32 Å². The maximum absolute atomic E-state index is 12.3. The molecule has 4 heteroatoms. The molecule has 18 heavy (non-hydrogen) atoms. The first-order valence-corrected chi connectivity index (χ1v) is 6.98.